The summed E-state index contributed by atoms with van der Waals surface area (Å²) in [4.78, 5) is 18.1. The summed E-state index contributed by atoms with van der Waals surface area (Å²) < 4.78 is 40.3. The van der Waals surface area contributed by atoms with Crippen LogP contribution in [0.25, 0.3) is 11.4 Å². The molecule has 0 bridgehead atoms. The topological polar surface area (TPSA) is 82.4 Å². The number of hydrogen-bond acceptors (Lipinski definition) is 6. The first-order chi connectivity index (χ1) is 15.4. The number of aromatic nitrogens is 4. The van der Waals surface area contributed by atoms with E-state index in [1.165, 1.54) is 10.7 Å². The zero-order valence-electron chi connectivity index (χ0n) is 18.5. The Balaban J connectivity index is 1.51. The summed E-state index contributed by atoms with van der Waals surface area (Å²) in [5.74, 6) is 0.106. The van der Waals surface area contributed by atoms with Gasteiger partial charge in [0.25, 0.3) is 6.43 Å². The van der Waals surface area contributed by atoms with Crippen molar-refractivity contribution in [2.75, 3.05) is 7.05 Å². The van der Waals surface area contributed by atoms with Crippen molar-refractivity contribution in [1.82, 2.24) is 24.9 Å². The highest BCUT2D eigenvalue weighted by Gasteiger charge is 2.28. The zero-order valence-corrected chi connectivity index (χ0v) is 18.5. The Labute approximate surface area is 185 Å². The molecule has 0 spiro atoms. The normalized spacial score (nSPS) is 17.3. The lowest BCUT2D eigenvalue weighted by Crippen LogP contribution is -2.41. The van der Waals surface area contributed by atoms with Gasteiger partial charge in [-0.3, -0.25) is 0 Å². The first-order valence-electron chi connectivity index (χ1n) is 11.2. The molecule has 2 aliphatic carbocycles. The van der Waals surface area contributed by atoms with Crippen molar-refractivity contribution < 1.29 is 23.0 Å². The molecule has 1 amide bonds. The van der Waals surface area contributed by atoms with Gasteiger partial charge in [-0.1, -0.05) is 11.6 Å². The van der Waals surface area contributed by atoms with Crippen LogP contribution in [-0.4, -0.2) is 50.2 Å². The Kier molecular flexibility index (Phi) is 6.86. The van der Waals surface area contributed by atoms with Gasteiger partial charge in [0.15, 0.2) is 0 Å². The van der Waals surface area contributed by atoms with E-state index in [0.29, 0.717) is 11.4 Å². The highest BCUT2D eigenvalue weighted by Crippen LogP contribution is 2.33. The van der Waals surface area contributed by atoms with Gasteiger partial charge in [-0.05, 0) is 57.1 Å². The van der Waals surface area contributed by atoms with E-state index in [4.69, 9.17) is 9.47 Å². The molecule has 2 heterocycles. The van der Waals surface area contributed by atoms with Crippen molar-refractivity contribution in [1.29, 1.82) is 0 Å². The predicted octanol–water partition coefficient (Wildman–Crippen LogP) is 4.65. The lowest BCUT2D eigenvalue weighted by atomic mass is 9.92. The minimum absolute atomic E-state index is 0.0620. The number of nitrogens with zero attached hydrogens (tertiary/aromatic N) is 5. The molecule has 2 aliphatic rings. The lowest BCUT2D eigenvalue weighted by Gasteiger charge is -2.33. The van der Waals surface area contributed by atoms with Crippen LogP contribution in [0.4, 0.5) is 13.6 Å². The largest absolute Gasteiger partial charge is 0.488 e. The maximum Gasteiger partial charge on any atom is 0.410 e. The van der Waals surface area contributed by atoms with E-state index in [-0.39, 0.29) is 30.2 Å². The number of rotatable bonds is 7. The van der Waals surface area contributed by atoms with E-state index in [2.05, 4.69) is 15.3 Å². The molecular formula is C22H29F2N5O3. The van der Waals surface area contributed by atoms with Gasteiger partial charge < -0.3 is 14.4 Å². The maximum atomic E-state index is 13.8. The average Bonchev–Trinajstić information content (AvgIpc) is 3.12. The van der Waals surface area contributed by atoms with Crippen LogP contribution >= 0.6 is 0 Å². The van der Waals surface area contributed by atoms with Gasteiger partial charge in [0.2, 0.25) is 0 Å². The summed E-state index contributed by atoms with van der Waals surface area (Å²) in [7, 11) is 3.37. The number of aryl methyl sites for hydroxylation is 1. The first-order valence-corrected chi connectivity index (χ1v) is 11.2. The highest BCUT2D eigenvalue weighted by atomic mass is 19.3. The fourth-order valence-electron chi connectivity index (χ4n) is 4.11. The smallest absolute Gasteiger partial charge is 0.410 e. The van der Waals surface area contributed by atoms with E-state index in [1.54, 1.807) is 25.1 Å². The molecule has 0 unspecified atom stereocenters. The van der Waals surface area contributed by atoms with Crippen molar-refractivity contribution >= 4 is 6.09 Å². The summed E-state index contributed by atoms with van der Waals surface area (Å²) >= 11 is 0. The van der Waals surface area contributed by atoms with Crippen molar-refractivity contribution in [2.24, 2.45) is 7.05 Å². The third-order valence-corrected chi connectivity index (χ3v) is 6.37. The fourth-order valence-corrected chi connectivity index (χ4v) is 4.11. The van der Waals surface area contributed by atoms with Crippen LogP contribution in [0, 0.1) is 0 Å². The third-order valence-electron chi connectivity index (χ3n) is 6.37. The summed E-state index contributed by atoms with van der Waals surface area (Å²) in [6, 6.07) is 3.33. The van der Waals surface area contributed by atoms with Crippen LogP contribution in [0.3, 0.4) is 0 Å². The van der Waals surface area contributed by atoms with Crippen LogP contribution in [0.2, 0.25) is 0 Å². The molecular weight excluding hydrogens is 420 g/mol. The summed E-state index contributed by atoms with van der Waals surface area (Å²) in [5.41, 5.74) is 0.612. The van der Waals surface area contributed by atoms with Crippen molar-refractivity contribution in [3.05, 3.63) is 23.5 Å². The molecule has 2 aromatic heterocycles. The second-order valence-electron chi connectivity index (χ2n) is 8.52. The van der Waals surface area contributed by atoms with Crippen LogP contribution in [0.5, 0.6) is 5.75 Å². The standard InChI is InChI=1S/C22H29F2N5O3/c1-28(14-7-6-8-14)22(30)31-13-17-19(26-27-29(17)2)16-11-12-18(20(25-16)21(23)24)32-15-9-4-3-5-10-15/h11-12,14-15,21H,3-10,13H2,1-2H3. The molecule has 0 atom stereocenters. The number of ether oxygens (including phenoxy) is 2. The Morgan fingerprint density at radius 2 is 1.94 bits per heavy atom. The van der Waals surface area contributed by atoms with Crippen LogP contribution in [-0.2, 0) is 18.4 Å². The molecule has 0 saturated heterocycles. The lowest BCUT2D eigenvalue weighted by molar-refractivity contribution is 0.0734. The van der Waals surface area contributed by atoms with Crippen molar-refractivity contribution in [3.8, 4) is 17.1 Å². The summed E-state index contributed by atoms with van der Waals surface area (Å²) in [5, 5.41) is 8.05. The van der Waals surface area contributed by atoms with Gasteiger partial charge in [0.05, 0.1) is 11.8 Å². The number of pyridine rings is 1. The van der Waals surface area contributed by atoms with Gasteiger partial charge in [0, 0.05) is 20.1 Å². The van der Waals surface area contributed by atoms with Gasteiger partial charge in [0.1, 0.15) is 29.4 Å². The molecule has 174 valence electrons. The second kappa shape index (κ2) is 9.79. The molecule has 2 saturated carbocycles. The van der Waals surface area contributed by atoms with Crippen molar-refractivity contribution in [2.45, 2.75) is 76.5 Å². The summed E-state index contributed by atoms with van der Waals surface area (Å²) in [6.45, 7) is -0.0826. The molecule has 8 nitrogen and oxygen atoms in total. The maximum absolute atomic E-state index is 13.8. The zero-order chi connectivity index (χ0) is 22.7. The van der Waals surface area contributed by atoms with E-state index < -0.39 is 18.2 Å². The van der Waals surface area contributed by atoms with Gasteiger partial charge in [-0.25, -0.2) is 23.2 Å². The monoisotopic (exact) mass is 449 g/mol. The van der Waals surface area contributed by atoms with Crippen LogP contribution in [0.15, 0.2) is 12.1 Å². The average molecular weight is 450 g/mol. The minimum Gasteiger partial charge on any atom is -0.488 e. The Morgan fingerprint density at radius 1 is 1.19 bits per heavy atom. The number of alkyl halides is 2. The van der Waals surface area contributed by atoms with Crippen LogP contribution in [0.1, 0.15) is 69.2 Å². The number of halogens is 2. The fraction of sp³-hybridized carbons (Fsp3) is 0.636. The summed E-state index contributed by atoms with van der Waals surface area (Å²) in [6.07, 6.45) is 4.72. The van der Waals surface area contributed by atoms with Gasteiger partial charge >= 0.3 is 6.09 Å². The number of amides is 1. The molecule has 0 aliphatic heterocycles. The molecule has 32 heavy (non-hydrogen) atoms. The molecule has 0 aromatic carbocycles. The Bertz CT molecular complexity index is 942. The van der Waals surface area contributed by atoms with Crippen LogP contribution < -0.4 is 4.74 Å². The molecule has 0 N–H and O–H groups in total. The van der Waals surface area contributed by atoms with E-state index in [0.717, 1.165) is 51.4 Å². The Morgan fingerprint density at radius 3 is 2.59 bits per heavy atom. The number of hydrogen-bond donors (Lipinski definition) is 0. The SMILES string of the molecule is CN(C(=O)OCc1c(-c2ccc(OC3CCCCC3)c(C(F)F)n2)nnn1C)C1CCC1. The molecule has 0 radical (unpaired) electrons. The minimum atomic E-state index is -2.79. The van der Waals surface area contributed by atoms with E-state index in [1.807, 2.05) is 0 Å². The third kappa shape index (κ3) is 4.83. The molecule has 2 aromatic rings. The highest BCUT2D eigenvalue weighted by molar-refractivity contribution is 5.68. The van der Waals surface area contributed by atoms with E-state index in [9.17, 15) is 13.6 Å². The van der Waals surface area contributed by atoms with Crippen molar-refractivity contribution in [3.63, 3.8) is 0 Å². The number of carbonyl (C=O) groups is 1. The first kappa shape index (κ1) is 22.4. The molecule has 10 heteroatoms. The molecule has 2 fully saturated rings. The predicted molar refractivity (Wildman–Crippen MR) is 112 cm³/mol. The number of carbonyl (C=O) groups excluding carboxylic acids is 1. The van der Waals surface area contributed by atoms with E-state index >= 15 is 0 Å². The second-order valence-corrected chi connectivity index (χ2v) is 8.52. The van der Waals surface area contributed by atoms with Gasteiger partial charge in [-0.15, -0.1) is 5.10 Å². The Hall–Kier alpha value is -2.78. The molecule has 4 rings (SSSR count). The van der Waals surface area contributed by atoms with Gasteiger partial charge in [-0.2, -0.15) is 0 Å². The quantitative estimate of drug-likeness (QED) is 0.612.